The van der Waals surface area contributed by atoms with Crippen molar-refractivity contribution in [1.29, 1.82) is 0 Å². The van der Waals surface area contributed by atoms with Crippen molar-refractivity contribution >= 4 is 11.8 Å². The van der Waals surface area contributed by atoms with Crippen LogP contribution in [0.4, 0.5) is 0 Å². The smallest absolute Gasteiger partial charge is 0.0762 e. The highest BCUT2D eigenvalue weighted by Crippen LogP contribution is 2.34. The first-order valence-corrected chi connectivity index (χ1v) is 6.65. The van der Waals surface area contributed by atoms with Crippen LogP contribution in [-0.2, 0) is 0 Å². The number of thioether (sulfide) groups is 1. The molecule has 0 bridgehead atoms. The second-order valence-corrected chi connectivity index (χ2v) is 5.50. The summed E-state index contributed by atoms with van der Waals surface area (Å²) in [5.41, 5.74) is 1.02. The zero-order chi connectivity index (χ0) is 10.7. The highest BCUT2D eigenvalue weighted by atomic mass is 32.2. The topological polar surface area (TPSA) is 20.2 Å². The van der Waals surface area contributed by atoms with Crippen LogP contribution in [0.1, 0.15) is 37.9 Å². The average Bonchev–Trinajstić information content (AvgIpc) is 3.02. The van der Waals surface area contributed by atoms with Crippen LogP contribution in [-0.4, -0.2) is 10.9 Å². The minimum atomic E-state index is -0.353. The van der Waals surface area contributed by atoms with Gasteiger partial charge in [0.2, 0.25) is 0 Å². The number of aliphatic hydroxyl groups excluding tert-OH is 1. The number of benzene rings is 1. The zero-order valence-corrected chi connectivity index (χ0v) is 9.96. The van der Waals surface area contributed by atoms with Gasteiger partial charge in [-0.3, -0.25) is 0 Å². The fraction of sp³-hybridized carbons (Fsp3) is 0.538. The second kappa shape index (κ2) is 5.04. The molecule has 1 atom stereocenters. The van der Waals surface area contributed by atoms with Crippen LogP contribution >= 0.6 is 11.8 Å². The van der Waals surface area contributed by atoms with Gasteiger partial charge in [-0.15, -0.1) is 11.8 Å². The molecule has 1 aromatic carbocycles. The third-order valence-corrected chi connectivity index (χ3v) is 3.86. The fourth-order valence-corrected chi connectivity index (χ4v) is 2.70. The zero-order valence-electron chi connectivity index (χ0n) is 9.15. The summed E-state index contributed by atoms with van der Waals surface area (Å²) in [7, 11) is 0. The molecule has 15 heavy (non-hydrogen) atoms. The lowest BCUT2D eigenvalue weighted by Crippen LogP contribution is -1.90. The third-order valence-electron chi connectivity index (χ3n) is 2.83. The number of hydrogen-bond donors (Lipinski definition) is 1. The van der Waals surface area contributed by atoms with E-state index in [9.17, 15) is 5.11 Å². The molecule has 1 unspecified atom stereocenters. The van der Waals surface area contributed by atoms with E-state index in [-0.39, 0.29) is 6.10 Å². The Morgan fingerprint density at radius 3 is 2.93 bits per heavy atom. The van der Waals surface area contributed by atoms with E-state index in [4.69, 9.17) is 0 Å². The lowest BCUT2D eigenvalue weighted by atomic mass is 10.1. The molecule has 0 amide bonds. The molecule has 2 heteroatoms. The maximum atomic E-state index is 9.46. The molecule has 1 saturated carbocycles. The average molecular weight is 222 g/mol. The van der Waals surface area contributed by atoms with Gasteiger partial charge in [-0.1, -0.05) is 25.0 Å². The lowest BCUT2D eigenvalue weighted by Gasteiger charge is -2.07. The predicted molar refractivity (Wildman–Crippen MR) is 65.1 cm³/mol. The minimum absolute atomic E-state index is 0.353. The Morgan fingerprint density at radius 1 is 1.47 bits per heavy atom. The first-order chi connectivity index (χ1) is 7.25. The van der Waals surface area contributed by atoms with E-state index in [2.05, 4.69) is 12.1 Å². The number of hydrogen-bond acceptors (Lipinski definition) is 2. The van der Waals surface area contributed by atoms with Gasteiger partial charge in [-0.25, -0.2) is 0 Å². The van der Waals surface area contributed by atoms with E-state index < -0.39 is 0 Å². The van der Waals surface area contributed by atoms with E-state index in [0.29, 0.717) is 0 Å². The maximum Gasteiger partial charge on any atom is 0.0762 e. The Labute approximate surface area is 95.9 Å². The SMILES string of the molecule is CC(O)c1cccc(SCCC2CC2)c1. The van der Waals surface area contributed by atoms with Gasteiger partial charge in [0.05, 0.1) is 6.10 Å². The number of aliphatic hydroxyl groups is 1. The molecule has 1 aliphatic rings. The van der Waals surface area contributed by atoms with Gasteiger partial charge in [0.1, 0.15) is 0 Å². The molecule has 0 heterocycles. The molecular weight excluding hydrogens is 204 g/mol. The highest BCUT2D eigenvalue weighted by Gasteiger charge is 2.20. The first-order valence-electron chi connectivity index (χ1n) is 5.66. The van der Waals surface area contributed by atoms with Gasteiger partial charge in [-0.05, 0) is 42.7 Å². The van der Waals surface area contributed by atoms with Crippen molar-refractivity contribution in [2.24, 2.45) is 5.92 Å². The van der Waals surface area contributed by atoms with Crippen molar-refractivity contribution in [2.75, 3.05) is 5.75 Å². The Kier molecular flexibility index (Phi) is 3.71. The van der Waals surface area contributed by atoms with E-state index in [0.717, 1.165) is 11.5 Å². The van der Waals surface area contributed by atoms with E-state index in [1.807, 2.05) is 30.8 Å². The summed E-state index contributed by atoms with van der Waals surface area (Å²) in [4.78, 5) is 1.29. The molecule has 0 spiro atoms. The van der Waals surface area contributed by atoms with Crippen LogP contribution in [0.5, 0.6) is 0 Å². The Morgan fingerprint density at radius 2 is 2.27 bits per heavy atom. The molecule has 0 radical (unpaired) electrons. The quantitative estimate of drug-likeness (QED) is 0.768. The standard InChI is InChI=1S/C13H18OS/c1-10(14)12-3-2-4-13(9-12)15-8-7-11-5-6-11/h2-4,9-11,14H,5-8H2,1H3. The molecule has 1 fully saturated rings. The van der Waals surface area contributed by atoms with Crippen LogP contribution in [0, 0.1) is 5.92 Å². The van der Waals surface area contributed by atoms with Crippen LogP contribution in [0.15, 0.2) is 29.2 Å². The molecule has 0 saturated heterocycles. The molecule has 1 N–H and O–H groups in total. The minimum Gasteiger partial charge on any atom is -0.389 e. The van der Waals surface area contributed by atoms with Crippen molar-refractivity contribution < 1.29 is 5.11 Å². The number of rotatable bonds is 5. The maximum absolute atomic E-state index is 9.46. The van der Waals surface area contributed by atoms with E-state index >= 15 is 0 Å². The van der Waals surface area contributed by atoms with Gasteiger partial charge in [0.15, 0.2) is 0 Å². The lowest BCUT2D eigenvalue weighted by molar-refractivity contribution is 0.199. The molecule has 0 aromatic heterocycles. The normalized spacial score (nSPS) is 17.7. The Bertz CT molecular complexity index is 318. The molecule has 1 nitrogen and oxygen atoms in total. The van der Waals surface area contributed by atoms with Crippen molar-refractivity contribution in [2.45, 2.75) is 37.2 Å². The molecule has 2 rings (SSSR count). The Hall–Kier alpha value is -0.470. The summed E-state index contributed by atoms with van der Waals surface area (Å²) < 4.78 is 0. The monoisotopic (exact) mass is 222 g/mol. The van der Waals surface area contributed by atoms with Crippen LogP contribution in [0.25, 0.3) is 0 Å². The van der Waals surface area contributed by atoms with E-state index in [1.54, 1.807) is 0 Å². The van der Waals surface area contributed by atoms with Gasteiger partial charge in [0.25, 0.3) is 0 Å². The summed E-state index contributed by atoms with van der Waals surface area (Å²) in [5.74, 6) is 2.23. The molecule has 82 valence electrons. The van der Waals surface area contributed by atoms with Crippen molar-refractivity contribution in [3.63, 3.8) is 0 Å². The molecular formula is C13H18OS. The summed E-state index contributed by atoms with van der Waals surface area (Å²) in [6.45, 7) is 1.81. The van der Waals surface area contributed by atoms with Crippen LogP contribution < -0.4 is 0 Å². The fourth-order valence-electron chi connectivity index (χ4n) is 1.61. The van der Waals surface area contributed by atoms with Gasteiger partial charge in [-0.2, -0.15) is 0 Å². The van der Waals surface area contributed by atoms with Crippen LogP contribution in [0.2, 0.25) is 0 Å². The largest absolute Gasteiger partial charge is 0.389 e. The van der Waals surface area contributed by atoms with Crippen molar-refractivity contribution in [3.8, 4) is 0 Å². The third kappa shape index (κ3) is 3.54. The molecule has 1 aliphatic carbocycles. The van der Waals surface area contributed by atoms with Crippen molar-refractivity contribution in [3.05, 3.63) is 29.8 Å². The summed E-state index contributed by atoms with van der Waals surface area (Å²) in [5, 5.41) is 9.46. The van der Waals surface area contributed by atoms with Crippen molar-refractivity contribution in [1.82, 2.24) is 0 Å². The first kappa shape index (κ1) is 11.0. The summed E-state index contributed by atoms with van der Waals surface area (Å²) in [6, 6.07) is 8.24. The van der Waals surface area contributed by atoms with Gasteiger partial charge < -0.3 is 5.11 Å². The van der Waals surface area contributed by atoms with E-state index in [1.165, 1.54) is 29.9 Å². The molecule has 0 aliphatic heterocycles. The predicted octanol–water partition coefficient (Wildman–Crippen LogP) is 3.63. The van der Waals surface area contributed by atoms with Gasteiger partial charge >= 0.3 is 0 Å². The van der Waals surface area contributed by atoms with Crippen LogP contribution in [0.3, 0.4) is 0 Å². The Balaban J connectivity index is 1.86. The highest BCUT2D eigenvalue weighted by molar-refractivity contribution is 7.99. The second-order valence-electron chi connectivity index (χ2n) is 4.33. The summed E-state index contributed by atoms with van der Waals surface area (Å²) in [6.07, 6.45) is 3.88. The van der Waals surface area contributed by atoms with Gasteiger partial charge in [0, 0.05) is 4.90 Å². The summed E-state index contributed by atoms with van der Waals surface area (Å²) >= 11 is 1.91. The molecule has 1 aromatic rings.